The lowest BCUT2D eigenvalue weighted by atomic mass is 9.77. The first kappa shape index (κ1) is 37.3. The number of carbonyl (C=O) groups is 1. The van der Waals surface area contributed by atoms with Gasteiger partial charge >= 0.3 is 5.97 Å². The summed E-state index contributed by atoms with van der Waals surface area (Å²) >= 11 is 0. The number of carbonyl (C=O) groups excluding carboxylic acids is 1. The van der Waals surface area contributed by atoms with Crippen LogP contribution in [0.3, 0.4) is 0 Å². The smallest absolute Gasteiger partial charge is 0.306 e. The van der Waals surface area contributed by atoms with E-state index < -0.39 is 11.2 Å². The van der Waals surface area contributed by atoms with Gasteiger partial charge in [-0.15, -0.1) is 0 Å². The number of aliphatic hydroxyl groups excluding tert-OH is 1. The minimum Gasteiger partial charge on any atom is -0.461 e. The van der Waals surface area contributed by atoms with Crippen LogP contribution in [0.4, 0.5) is 0 Å². The predicted octanol–water partition coefficient (Wildman–Crippen LogP) is 8.54. The van der Waals surface area contributed by atoms with Crippen LogP contribution in [0.25, 0.3) is 0 Å². The Labute approximate surface area is 251 Å². The van der Waals surface area contributed by atoms with Crippen molar-refractivity contribution in [3.8, 4) is 0 Å². The molecule has 1 aliphatic rings. The fraction of sp³-hybridized carbons (Fsp3) is 0.750. The summed E-state index contributed by atoms with van der Waals surface area (Å²) in [5, 5.41) is 31.2. The molecular weight excluding hydrogens is 512 g/mol. The van der Waals surface area contributed by atoms with Crippen molar-refractivity contribution in [3.63, 3.8) is 0 Å². The minimum absolute atomic E-state index is 0.0705. The highest BCUT2D eigenvalue weighted by molar-refractivity contribution is 5.69. The molecule has 0 spiro atoms. The molecular formula is C36H62O5. The number of ether oxygens (including phenoxy) is 1. The van der Waals surface area contributed by atoms with Crippen LogP contribution in [-0.2, 0) is 9.53 Å². The van der Waals surface area contributed by atoms with Crippen molar-refractivity contribution in [3.05, 3.63) is 48.1 Å². The van der Waals surface area contributed by atoms with E-state index in [0.29, 0.717) is 25.7 Å². The molecule has 5 heteroatoms. The van der Waals surface area contributed by atoms with E-state index in [1.165, 1.54) is 64.2 Å². The van der Waals surface area contributed by atoms with Crippen molar-refractivity contribution in [2.45, 2.75) is 148 Å². The zero-order valence-corrected chi connectivity index (χ0v) is 26.8. The lowest BCUT2D eigenvalue weighted by molar-refractivity contribution is -0.143. The summed E-state index contributed by atoms with van der Waals surface area (Å²) in [5.74, 6) is -0.564. The first-order valence-corrected chi connectivity index (χ1v) is 16.4. The van der Waals surface area contributed by atoms with E-state index >= 15 is 0 Å². The molecule has 0 radical (unpaired) electrons. The normalized spacial score (nSPS) is 22.5. The summed E-state index contributed by atoms with van der Waals surface area (Å²) in [6.45, 7) is 11.7. The molecule has 0 aromatic carbocycles. The van der Waals surface area contributed by atoms with Crippen LogP contribution >= 0.6 is 0 Å². The molecule has 0 saturated heterocycles. The number of hydrogen-bond acceptors (Lipinski definition) is 5. The Balaban J connectivity index is 2.58. The number of hydrogen-bond donors (Lipinski definition) is 3. The molecule has 0 heterocycles. The summed E-state index contributed by atoms with van der Waals surface area (Å²) in [6, 6.07) is 0. The Morgan fingerprint density at radius 1 is 1.05 bits per heavy atom. The van der Waals surface area contributed by atoms with Crippen LogP contribution in [0, 0.1) is 11.8 Å². The van der Waals surface area contributed by atoms with Gasteiger partial charge in [0.05, 0.1) is 17.8 Å². The lowest BCUT2D eigenvalue weighted by Crippen LogP contribution is -2.28. The zero-order valence-electron chi connectivity index (χ0n) is 26.8. The molecule has 3 atom stereocenters. The third-order valence-electron chi connectivity index (χ3n) is 8.20. The fourth-order valence-corrected chi connectivity index (χ4v) is 5.54. The second kappa shape index (κ2) is 21.1. The SMILES string of the molecule is C=C1CC=CC(C)(O)CCC(C(=CC=CC(C)(C)O)COC(=O)CCCCCCCCCCCCCCC)C1CO. The van der Waals surface area contributed by atoms with Crippen LogP contribution in [0.1, 0.15) is 137 Å². The fourth-order valence-electron chi connectivity index (χ4n) is 5.54. The van der Waals surface area contributed by atoms with Crippen molar-refractivity contribution >= 4 is 5.97 Å². The maximum atomic E-state index is 12.6. The third-order valence-corrected chi connectivity index (χ3v) is 8.20. The molecule has 3 unspecified atom stereocenters. The average Bonchev–Trinajstić information content (AvgIpc) is 2.95. The van der Waals surface area contributed by atoms with Gasteiger partial charge in [-0.05, 0) is 57.9 Å². The van der Waals surface area contributed by atoms with Crippen LogP contribution in [0.5, 0.6) is 0 Å². The number of rotatable bonds is 20. The van der Waals surface area contributed by atoms with Crippen molar-refractivity contribution in [1.82, 2.24) is 0 Å². The molecule has 0 saturated carbocycles. The third kappa shape index (κ3) is 18.5. The van der Waals surface area contributed by atoms with Gasteiger partial charge < -0.3 is 20.1 Å². The van der Waals surface area contributed by atoms with E-state index in [2.05, 4.69) is 13.5 Å². The molecule has 1 rings (SSSR count). The number of aliphatic hydroxyl groups is 3. The molecule has 5 nitrogen and oxygen atoms in total. The van der Waals surface area contributed by atoms with E-state index in [1.807, 2.05) is 18.2 Å². The number of esters is 1. The van der Waals surface area contributed by atoms with Gasteiger partial charge in [-0.25, -0.2) is 0 Å². The second-order valence-electron chi connectivity index (χ2n) is 13.0. The molecule has 0 bridgehead atoms. The molecule has 236 valence electrons. The Kier molecular flexibility index (Phi) is 19.2. The minimum atomic E-state index is -0.974. The highest BCUT2D eigenvalue weighted by Crippen LogP contribution is 2.36. The molecule has 0 aromatic rings. The van der Waals surface area contributed by atoms with Gasteiger partial charge in [0.15, 0.2) is 0 Å². The predicted molar refractivity (Wildman–Crippen MR) is 172 cm³/mol. The molecule has 0 aliphatic heterocycles. The van der Waals surface area contributed by atoms with Crippen molar-refractivity contribution in [2.75, 3.05) is 13.2 Å². The average molecular weight is 575 g/mol. The Hall–Kier alpha value is -1.69. The molecule has 0 fully saturated rings. The number of allylic oxidation sites excluding steroid dienone is 3. The molecule has 0 aromatic heterocycles. The summed E-state index contributed by atoms with van der Waals surface area (Å²) in [6.07, 6.45) is 27.6. The monoisotopic (exact) mass is 574 g/mol. The van der Waals surface area contributed by atoms with Gasteiger partial charge in [0, 0.05) is 12.3 Å². The van der Waals surface area contributed by atoms with Gasteiger partial charge in [0.1, 0.15) is 6.61 Å². The van der Waals surface area contributed by atoms with Gasteiger partial charge in [0.25, 0.3) is 0 Å². The largest absolute Gasteiger partial charge is 0.461 e. The number of unbranched alkanes of at least 4 members (excludes halogenated alkanes) is 12. The quantitative estimate of drug-likeness (QED) is 0.0587. The highest BCUT2D eigenvalue weighted by atomic mass is 16.5. The van der Waals surface area contributed by atoms with Crippen molar-refractivity contribution in [1.29, 1.82) is 0 Å². The molecule has 1 aliphatic carbocycles. The highest BCUT2D eigenvalue weighted by Gasteiger charge is 2.30. The van der Waals surface area contributed by atoms with Crippen LogP contribution < -0.4 is 0 Å². The van der Waals surface area contributed by atoms with Gasteiger partial charge in [-0.1, -0.05) is 127 Å². The van der Waals surface area contributed by atoms with Gasteiger partial charge in [-0.3, -0.25) is 4.79 Å². The van der Waals surface area contributed by atoms with Crippen LogP contribution in [-0.4, -0.2) is 45.7 Å². The summed E-state index contributed by atoms with van der Waals surface area (Å²) in [7, 11) is 0. The Morgan fingerprint density at radius 3 is 2.15 bits per heavy atom. The Morgan fingerprint density at radius 2 is 1.61 bits per heavy atom. The molecule has 41 heavy (non-hydrogen) atoms. The van der Waals surface area contributed by atoms with Crippen molar-refractivity contribution in [2.24, 2.45) is 11.8 Å². The maximum Gasteiger partial charge on any atom is 0.306 e. The summed E-state index contributed by atoms with van der Waals surface area (Å²) in [4.78, 5) is 12.6. The maximum absolute atomic E-state index is 12.6. The van der Waals surface area contributed by atoms with Crippen LogP contribution in [0.15, 0.2) is 48.1 Å². The molecule has 3 N–H and O–H groups in total. The van der Waals surface area contributed by atoms with E-state index in [1.54, 1.807) is 32.9 Å². The van der Waals surface area contributed by atoms with Crippen LogP contribution in [0.2, 0.25) is 0 Å². The topological polar surface area (TPSA) is 87.0 Å². The summed E-state index contributed by atoms with van der Waals surface area (Å²) in [5.41, 5.74) is -0.176. The van der Waals surface area contributed by atoms with Gasteiger partial charge in [-0.2, -0.15) is 0 Å². The lowest BCUT2D eigenvalue weighted by Gasteiger charge is -2.30. The van der Waals surface area contributed by atoms with Crippen molar-refractivity contribution < 1.29 is 24.9 Å². The van der Waals surface area contributed by atoms with E-state index in [0.717, 1.165) is 30.4 Å². The second-order valence-corrected chi connectivity index (χ2v) is 13.0. The van der Waals surface area contributed by atoms with E-state index in [9.17, 15) is 20.1 Å². The first-order chi connectivity index (χ1) is 19.5. The molecule has 0 amide bonds. The summed E-state index contributed by atoms with van der Waals surface area (Å²) < 4.78 is 5.74. The van der Waals surface area contributed by atoms with E-state index in [-0.39, 0.29) is 31.0 Å². The Bertz CT molecular complexity index is 814. The van der Waals surface area contributed by atoms with E-state index in [4.69, 9.17) is 4.74 Å². The standard InChI is InChI=1S/C36H62O5/c1-6-7-8-9-10-11-12-13-14-15-16-17-18-23-34(38)41-29-31(22-20-25-35(3,4)39)32-24-27-36(5,40)26-19-21-30(2)33(32)28-37/h19-20,22,25-26,32-33,37,39-40H,2,6-18,21,23-24,27-29H2,1,3-5H3. The first-order valence-electron chi connectivity index (χ1n) is 16.4. The van der Waals surface area contributed by atoms with Gasteiger partial charge in [0.2, 0.25) is 0 Å². The zero-order chi connectivity index (χ0) is 30.6.